The van der Waals surface area contributed by atoms with Crippen molar-refractivity contribution in [3.05, 3.63) is 95.1 Å². The fraction of sp³-hybridized carbons (Fsp3) is 0.115. The second kappa shape index (κ2) is 10.0. The topological polar surface area (TPSA) is 123 Å². The maximum absolute atomic E-state index is 13.1. The molecule has 0 unspecified atom stereocenters. The highest BCUT2D eigenvalue weighted by Gasteiger charge is 2.29. The molecule has 0 radical (unpaired) electrons. The third-order valence-electron chi connectivity index (χ3n) is 5.32. The van der Waals surface area contributed by atoms with E-state index < -0.39 is 5.97 Å². The Morgan fingerprint density at radius 3 is 2.44 bits per heavy atom. The number of nitrogens with two attached hydrogens (primary N) is 1. The van der Waals surface area contributed by atoms with E-state index in [2.05, 4.69) is 16.0 Å². The van der Waals surface area contributed by atoms with Crippen molar-refractivity contribution in [2.75, 3.05) is 30.8 Å². The van der Waals surface area contributed by atoms with Crippen LogP contribution in [0.1, 0.15) is 31.8 Å². The number of rotatable bonds is 7. The summed E-state index contributed by atoms with van der Waals surface area (Å²) in [6, 6.07) is 21.4. The van der Waals surface area contributed by atoms with Crippen LogP contribution in [0.5, 0.6) is 0 Å². The van der Waals surface area contributed by atoms with Gasteiger partial charge in [0.05, 0.1) is 29.6 Å². The van der Waals surface area contributed by atoms with E-state index in [1.54, 1.807) is 36.4 Å². The fourth-order valence-corrected chi connectivity index (χ4v) is 3.72. The molecule has 0 fully saturated rings. The zero-order valence-electron chi connectivity index (χ0n) is 18.6. The minimum Gasteiger partial charge on any atom is -0.465 e. The Kier molecular flexibility index (Phi) is 6.70. The van der Waals surface area contributed by atoms with E-state index in [0.29, 0.717) is 52.4 Å². The van der Waals surface area contributed by atoms with E-state index in [0.717, 1.165) is 5.56 Å². The van der Waals surface area contributed by atoms with Crippen LogP contribution in [0.3, 0.4) is 0 Å². The SMILES string of the molecule is COC(=O)c1ccc2c(c1)NC(=O)/C2=C(\Nc1cccc(C(=O)NCCN)c1)c1ccccc1. The van der Waals surface area contributed by atoms with Crippen molar-refractivity contribution < 1.29 is 19.1 Å². The zero-order valence-corrected chi connectivity index (χ0v) is 18.6. The van der Waals surface area contributed by atoms with Crippen LogP contribution in [-0.2, 0) is 9.53 Å². The molecule has 0 atom stereocenters. The van der Waals surface area contributed by atoms with E-state index >= 15 is 0 Å². The van der Waals surface area contributed by atoms with Gasteiger partial charge in [0.25, 0.3) is 11.8 Å². The summed E-state index contributed by atoms with van der Waals surface area (Å²) in [4.78, 5) is 37.4. The Bertz CT molecular complexity index is 1280. The van der Waals surface area contributed by atoms with E-state index in [1.165, 1.54) is 7.11 Å². The van der Waals surface area contributed by atoms with Crippen LogP contribution in [0.15, 0.2) is 72.8 Å². The fourth-order valence-electron chi connectivity index (χ4n) is 3.72. The van der Waals surface area contributed by atoms with E-state index in [1.807, 2.05) is 36.4 Å². The largest absolute Gasteiger partial charge is 0.465 e. The second-order valence-electron chi connectivity index (χ2n) is 7.57. The Morgan fingerprint density at radius 1 is 0.941 bits per heavy atom. The average molecular weight is 457 g/mol. The van der Waals surface area contributed by atoms with Crippen LogP contribution >= 0.6 is 0 Å². The van der Waals surface area contributed by atoms with Crippen LogP contribution < -0.4 is 21.7 Å². The molecule has 1 heterocycles. The van der Waals surface area contributed by atoms with Gasteiger partial charge in [-0.25, -0.2) is 4.79 Å². The van der Waals surface area contributed by atoms with Gasteiger partial charge in [0.15, 0.2) is 0 Å². The number of carbonyl (C=O) groups is 3. The molecule has 5 N–H and O–H groups in total. The molecule has 0 saturated carbocycles. The van der Waals surface area contributed by atoms with Gasteiger partial charge in [-0.15, -0.1) is 0 Å². The molecule has 4 rings (SSSR count). The van der Waals surface area contributed by atoms with Crippen molar-refractivity contribution in [2.45, 2.75) is 0 Å². The molecule has 0 aromatic heterocycles. The number of carbonyl (C=O) groups excluding carboxylic acids is 3. The van der Waals surface area contributed by atoms with Crippen molar-refractivity contribution in [2.24, 2.45) is 5.73 Å². The number of amides is 2. The van der Waals surface area contributed by atoms with Crippen molar-refractivity contribution in [1.29, 1.82) is 0 Å². The molecular weight excluding hydrogens is 432 g/mol. The van der Waals surface area contributed by atoms with Gasteiger partial charge >= 0.3 is 5.97 Å². The van der Waals surface area contributed by atoms with Crippen LogP contribution in [0.25, 0.3) is 11.3 Å². The number of hydrogen-bond donors (Lipinski definition) is 4. The summed E-state index contributed by atoms with van der Waals surface area (Å²) in [6.07, 6.45) is 0. The Balaban J connectivity index is 1.78. The molecule has 0 spiro atoms. The number of esters is 1. The lowest BCUT2D eigenvalue weighted by Gasteiger charge is -2.15. The molecule has 0 saturated heterocycles. The second-order valence-corrected chi connectivity index (χ2v) is 7.57. The van der Waals surface area contributed by atoms with Crippen molar-refractivity contribution in [3.8, 4) is 0 Å². The monoisotopic (exact) mass is 456 g/mol. The van der Waals surface area contributed by atoms with E-state index in [9.17, 15) is 14.4 Å². The summed E-state index contributed by atoms with van der Waals surface area (Å²) >= 11 is 0. The smallest absolute Gasteiger partial charge is 0.337 e. The lowest BCUT2D eigenvalue weighted by Crippen LogP contribution is -2.28. The van der Waals surface area contributed by atoms with Crippen LogP contribution in [-0.4, -0.2) is 38.0 Å². The van der Waals surface area contributed by atoms with Crippen molar-refractivity contribution in [3.63, 3.8) is 0 Å². The molecule has 8 nitrogen and oxygen atoms in total. The minimum absolute atomic E-state index is 0.234. The number of methoxy groups -OCH3 is 1. The third kappa shape index (κ3) is 4.67. The van der Waals surface area contributed by atoms with E-state index in [-0.39, 0.29) is 11.8 Å². The molecular formula is C26H24N4O4. The first kappa shape index (κ1) is 22.8. The van der Waals surface area contributed by atoms with Gasteiger partial charge in [0.2, 0.25) is 0 Å². The predicted octanol–water partition coefficient (Wildman–Crippen LogP) is 3.09. The molecule has 3 aromatic rings. The molecule has 1 aliphatic rings. The number of ether oxygens (including phenoxy) is 1. The highest BCUT2D eigenvalue weighted by atomic mass is 16.5. The predicted molar refractivity (Wildman–Crippen MR) is 131 cm³/mol. The van der Waals surface area contributed by atoms with E-state index in [4.69, 9.17) is 10.5 Å². The van der Waals surface area contributed by atoms with Gasteiger partial charge < -0.3 is 26.4 Å². The first-order chi connectivity index (χ1) is 16.5. The lowest BCUT2D eigenvalue weighted by molar-refractivity contribution is -0.110. The average Bonchev–Trinajstić information content (AvgIpc) is 3.20. The van der Waals surface area contributed by atoms with Crippen LogP contribution in [0, 0.1) is 0 Å². The molecule has 0 bridgehead atoms. The summed E-state index contributed by atoms with van der Waals surface area (Å²) < 4.78 is 4.78. The standard InChI is InChI=1S/C26H24N4O4/c1-34-26(33)18-10-11-20-21(15-18)30-25(32)22(20)23(16-6-3-2-4-7-16)29-19-9-5-8-17(14-19)24(31)28-13-12-27/h2-11,14-15,29H,12-13,27H2,1H3,(H,28,31)(H,30,32)/b23-22-. The maximum Gasteiger partial charge on any atom is 0.337 e. The van der Waals surface area contributed by atoms with Crippen LogP contribution in [0.4, 0.5) is 11.4 Å². The van der Waals surface area contributed by atoms with Crippen molar-refractivity contribution in [1.82, 2.24) is 5.32 Å². The number of hydrogen-bond acceptors (Lipinski definition) is 6. The lowest BCUT2D eigenvalue weighted by atomic mass is 9.99. The molecule has 0 aliphatic carbocycles. The highest BCUT2D eigenvalue weighted by Crippen LogP contribution is 2.38. The number of benzene rings is 3. The molecule has 2 amide bonds. The molecule has 172 valence electrons. The number of fused-ring (bicyclic) bond motifs is 1. The van der Waals surface area contributed by atoms with Gasteiger partial charge in [0.1, 0.15) is 0 Å². The van der Waals surface area contributed by atoms with Gasteiger partial charge in [-0.1, -0.05) is 42.5 Å². The summed E-state index contributed by atoms with van der Waals surface area (Å²) in [5, 5.41) is 8.92. The van der Waals surface area contributed by atoms with Gasteiger partial charge in [-0.2, -0.15) is 0 Å². The molecule has 34 heavy (non-hydrogen) atoms. The Hall–Kier alpha value is -4.43. The minimum atomic E-state index is -0.486. The third-order valence-corrected chi connectivity index (χ3v) is 5.32. The molecule has 8 heteroatoms. The van der Waals surface area contributed by atoms with Gasteiger partial charge in [0, 0.05) is 29.9 Å². The first-order valence-corrected chi connectivity index (χ1v) is 10.7. The van der Waals surface area contributed by atoms with Gasteiger partial charge in [-0.05, 0) is 35.9 Å². The summed E-state index contributed by atoms with van der Waals surface area (Å²) in [6.45, 7) is 0.723. The summed E-state index contributed by atoms with van der Waals surface area (Å²) in [7, 11) is 1.31. The highest BCUT2D eigenvalue weighted by molar-refractivity contribution is 6.37. The number of nitrogens with one attached hydrogen (secondary N) is 3. The maximum atomic E-state index is 13.1. The van der Waals surface area contributed by atoms with Gasteiger partial charge in [-0.3, -0.25) is 9.59 Å². The molecule has 1 aliphatic heterocycles. The Morgan fingerprint density at radius 2 is 1.71 bits per heavy atom. The molecule has 3 aromatic carbocycles. The Labute approximate surface area is 196 Å². The number of anilines is 2. The first-order valence-electron chi connectivity index (χ1n) is 10.7. The van der Waals surface area contributed by atoms with Crippen LogP contribution in [0.2, 0.25) is 0 Å². The quantitative estimate of drug-likeness (QED) is 0.320. The normalized spacial score (nSPS) is 13.5. The zero-order chi connectivity index (χ0) is 24.1. The summed E-state index contributed by atoms with van der Waals surface area (Å²) in [5.74, 6) is -1.02. The summed E-state index contributed by atoms with van der Waals surface area (Å²) in [5.41, 5.74) is 9.88. The van der Waals surface area contributed by atoms with Crippen molar-refractivity contribution >= 4 is 40.4 Å².